The second-order valence-electron chi connectivity index (χ2n) is 2.97. The molecule has 1 aromatic rings. The van der Waals surface area contributed by atoms with E-state index < -0.39 is 0 Å². The number of nitrogens with two attached hydrogens (primary N) is 1. The minimum atomic E-state index is -0.334. The van der Waals surface area contributed by atoms with Gasteiger partial charge in [-0.1, -0.05) is 0 Å². The van der Waals surface area contributed by atoms with Crippen molar-refractivity contribution >= 4 is 5.78 Å². The van der Waals surface area contributed by atoms with Crippen LogP contribution in [0.25, 0.3) is 0 Å². The highest BCUT2D eigenvalue weighted by Gasteiger charge is 2.26. The van der Waals surface area contributed by atoms with Crippen LogP contribution in [0.4, 0.5) is 4.39 Å². The van der Waals surface area contributed by atoms with E-state index in [1.54, 1.807) is 0 Å². The number of Topliss-reactive ketones (excluding diaryl/α,β-unsaturated/α-hetero) is 1. The molecule has 0 aliphatic heterocycles. The van der Waals surface area contributed by atoms with Crippen molar-refractivity contribution in [2.45, 2.75) is 12.5 Å². The van der Waals surface area contributed by atoms with Gasteiger partial charge in [0.2, 0.25) is 0 Å². The molecule has 1 aromatic carbocycles. The molecule has 2 nitrogen and oxygen atoms in total. The molecule has 12 heavy (non-hydrogen) atoms. The summed E-state index contributed by atoms with van der Waals surface area (Å²) < 4.78 is 12.7. The van der Waals surface area contributed by atoms with E-state index in [4.69, 9.17) is 5.73 Å². The lowest BCUT2D eigenvalue weighted by atomic mass is 10.1. The molecule has 3 heteroatoms. The first kappa shape index (κ1) is 7.43. The standard InChI is InChI=1S/C9H8FNO/c10-5-1-2-6-7(3-5)8(11)4-9(6)12/h1-3,8H,4,11H2. The highest BCUT2D eigenvalue weighted by atomic mass is 19.1. The fourth-order valence-electron chi connectivity index (χ4n) is 1.51. The number of ketones is 1. The lowest BCUT2D eigenvalue weighted by Crippen LogP contribution is -2.05. The van der Waals surface area contributed by atoms with Crippen molar-refractivity contribution in [3.8, 4) is 0 Å². The summed E-state index contributed by atoms with van der Waals surface area (Å²) in [5, 5.41) is 0. The van der Waals surface area contributed by atoms with Gasteiger partial charge in [0.25, 0.3) is 0 Å². The molecule has 0 radical (unpaired) electrons. The molecular weight excluding hydrogens is 157 g/mol. The molecule has 2 N–H and O–H groups in total. The van der Waals surface area contributed by atoms with Gasteiger partial charge in [-0.15, -0.1) is 0 Å². The monoisotopic (exact) mass is 165 g/mol. The van der Waals surface area contributed by atoms with Gasteiger partial charge in [-0.05, 0) is 23.8 Å². The van der Waals surface area contributed by atoms with Gasteiger partial charge < -0.3 is 5.73 Å². The molecule has 1 aliphatic carbocycles. The van der Waals surface area contributed by atoms with E-state index in [2.05, 4.69) is 0 Å². The van der Waals surface area contributed by atoms with Gasteiger partial charge in [-0.3, -0.25) is 4.79 Å². The minimum absolute atomic E-state index is 0.0116. The molecule has 0 saturated heterocycles. The Kier molecular flexibility index (Phi) is 1.48. The van der Waals surface area contributed by atoms with Crippen molar-refractivity contribution in [2.75, 3.05) is 0 Å². The number of carbonyl (C=O) groups excluding carboxylic acids is 1. The van der Waals surface area contributed by atoms with Crippen molar-refractivity contribution in [3.05, 3.63) is 35.1 Å². The smallest absolute Gasteiger partial charge is 0.165 e. The average molecular weight is 165 g/mol. The zero-order chi connectivity index (χ0) is 8.72. The quantitative estimate of drug-likeness (QED) is 0.631. The zero-order valence-corrected chi connectivity index (χ0v) is 6.38. The first-order valence-electron chi connectivity index (χ1n) is 3.76. The molecule has 0 amide bonds. The third-order valence-electron chi connectivity index (χ3n) is 2.12. The Balaban J connectivity index is 2.60. The van der Waals surface area contributed by atoms with Gasteiger partial charge in [-0.2, -0.15) is 0 Å². The van der Waals surface area contributed by atoms with Crippen LogP contribution in [0.5, 0.6) is 0 Å². The zero-order valence-electron chi connectivity index (χ0n) is 6.38. The molecule has 0 bridgehead atoms. The molecule has 1 atom stereocenters. The van der Waals surface area contributed by atoms with Crippen LogP contribution < -0.4 is 5.73 Å². The van der Waals surface area contributed by atoms with Gasteiger partial charge in [0.15, 0.2) is 5.78 Å². The number of hydrogen-bond acceptors (Lipinski definition) is 2. The number of hydrogen-bond donors (Lipinski definition) is 1. The largest absolute Gasteiger partial charge is 0.324 e. The van der Waals surface area contributed by atoms with E-state index in [-0.39, 0.29) is 17.6 Å². The Bertz CT molecular complexity index is 348. The summed E-state index contributed by atoms with van der Waals surface area (Å²) in [5.41, 5.74) is 6.83. The summed E-state index contributed by atoms with van der Waals surface area (Å²) in [7, 11) is 0. The Labute approximate surface area is 69.2 Å². The first-order chi connectivity index (χ1) is 5.68. The second-order valence-corrected chi connectivity index (χ2v) is 2.97. The minimum Gasteiger partial charge on any atom is -0.324 e. The molecular formula is C9H8FNO. The molecule has 0 aromatic heterocycles. The summed E-state index contributed by atoms with van der Waals surface area (Å²) >= 11 is 0. The van der Waals surface area contributed by atoms with Crippen LogP contribution >= 0.6 is 0 Å². The van der Waals surface area contributed by atoms with Crippen molar-refractivity contribution in [3.63, 3.8) is 0 Å². The maximum atomic E-state index is 12.7. The summed E-state index contributed by atoms with van der Waals surface area (Å²) in [6.07, 6.45) is 0.304. The van der Waals surface area contributed by atoms with Crippen molar-refractivity contribution < 1.29 is 9.18 Å². The molecule has 0 saturated carbocycles. The van der Waals surface area contributed by atoms with Gasteiger partial charge in [0, 0.05) is 18.0 Å². The van der Waals surface area contributed by atoms with E-state index >= 15 is 0 Å². The second kappa shape index (κ2) is 2.38. The SMILES string of the molecule is NC1CC(=O)c2ccc(F)cc21. The molecule has 1 unspecified atom stereocenters. The molecule has 1 aliphatic rings. The number of fused-ring (bicyclic) bond motifs is 1. The Morgan fingerprint density at radius 1 is 1.50 bits per heavy atom. The molecule has 0 fully saturated rings. The van der Waals surface area contributed by atoms with E-state index in [0.29, 0.717) is 17.5 Å². The summed E-state index contributed by atoms with van der Waals surface area (Å²) in [6, 6.07) is 3.81. The summed E-state index contributed by atoms with van der Waals surface area (Å²) in [5.74, 6) is -0.323. The maximum absolute atomic E-state index is 12.7. The van der Waals surface area contributed by atoms with Gasteiger partial charge in [0.05, 0.1) is 0 Å². The lowest BCUT2D eigenvalue weighted by molar-refractivity contribution is 0.0989. The normalized spacial score (nSPS) is 21.2. The van der Waals surface area contributed by atoms with Crippen LogP contribution in [-0.4, -0.2) is 5.78 Å². The van der Waals surface area contributed by atoms with Gasteiger partial charge in [0.1, 0.15) is 5.82 Å². The first-order valence-corrected chi connectivity index (χ1v) is 3.76. The van der Waals surface area contributed by atoms with Gasteiger partial charge >= 0.3 is 0 Å². The van der Waals surface area contributed by atoms with E-state index in [0.717, 1.165) is 0 Å². The fraction of sp³-hybridized carbons (Fsp3) is 0.222. The van der Waals surface area contributed by atoms with Crippen LogP contribution in [0, 0.1) is 5.82 Å². The predicted molar refractivity (Wildman–Crippen MR) is 42.3 cm³/mol. The topological polar surface area (TPSA) is 43.1 Å². The number of rotatable bonds is 0. The molecule has 0 spiro atoms. The predicted octanol–water partition coefficient (Wildman–Crippen LogP) is 1.41. The van der Waals surface area contributed by atoms with E-state index in [9.17, 15) is 9.18 Å². The van der Waals surface area contributed by atoms with Crippen LogP contribution in [0.1, 0.15) is 28.4 Å². The average Bonchev–Trinajstić information content (AvgIpc) is 2.28. The number of carbonyl (C=O) groups is 1. The third-order valence-corrected chi connectivity index (χ3v) is 2.12. The lowest BCUT2D eigenvalue weighted by Gasteiger charge is -2.01. The van der Waals surface area contributed by atoms with Crippen molar-refractivity contribution in [1.82, 2.24) is 0 Å². The van der Waals surface area contributed by atoms with Crippen molar-refractivity contribution in [1.29, 1.82) is 0 Å². The molecule has 2 rings (SSSR count). The Morgan fingerprint density at radius 2 is 2.25 bits per heavy atom. The highest BCUT2D eigenvalue weighted by Crippen LogP contribution is 2.29. The Morgan fingerprint density at radius 3 is 3.00 bits per heavy atom. The molecule has 0 heterocycles. The van der Waals surface area contributed by atoms with Crippen LogP contribution in [0.15, 0.2) is 18.2 Å². The maximum Gasteiger partial charge on any atom is 0.165 e. The number of halogens is 1. The molecule has 62 valence electrons. The van der Waals surface area contributed by atoms with E-state index in [1.807, 2.05) is 0 Å². The van der Waals surface area contributed by atoms with Crippen LogP contribution in [0.2, 0.25) is 0 Å². The van der Waals surface area contributed by atoms with Crippen molar-refractivity contribution in [2.24, 2.45) is 5.73 Å². The third kappa shape index (κ3) is 0.940. The fourth-order valence-corrected chi connectivity index (χ4v) is 1.51. The van der Waals surface area contributed by atoms with Crippen LogP contribution in [0.3, 0.4) is 0 Å². The van der Waals surface area contributed by atoms with Crippen LogP contribution in [-0.2, 0) is 0 Å². The summed E-state index contributed by atoms with van der Waals surface area (Å²) in [4.78, 5) is 11.2. The highest BCUT2D eigenvalue weighted by molar-refractivity contribution is 6.01. The van der Waals surface area contributed by atoms with Gasteiger partial charge in [-0.25, -0.2) is 4.39 Å². The number of benzene rings is 1. The summed E-state index contributed by atoms with van der Waals surface area (Å²) in [6.45, 7) is 0. The Hall–Kier alpha value is -1.22. The van der Waals surface area contributed by atoms with E-state index in [1.165, 1.54) is 18.2 Å².